The Balaban J connectivity index is 0.00000242. The molecule has 2 rings (SSSR count). The average molecular weight is 365 g/mol. The monoisotopic (exact) mass is 364 g/mol. The van der Waals surface area contributed by atoms with Gasteiger partial charge in [0.2, 0.25) is 0 Å². The van der Waals surface area contributed by atoms with Crippen LogP contribution in [-0.4, -0.2) is 39.3 Å². The Labute approximate surface area is 148 Å². The van der Waals surface area contributed by atoms with Gasteiger partial charge in [0.25, 0.3) is 0 Å². The van der Waals surface area contributed by atoms with E-state index in [1.165, 1.54) is 0 Å². The number of nitrogens with one attached hydrogen (secondary N) is 1. The summed E-state index contributed by atoms with van der Waals surface area (Å²) in [6, 6.07) is 12.8. The molecule has 0 bridgehead atoms. The smallest absolute Gasteiger partial charge is 0.675 e. The molecule has 0 amide bonds. The van der Waals surface area contributed by atoms with Crippen molar-refractivity contribution in [1.82, 2.24) is 9.88 Å². The molecule has 3 N–H and O–H groups in total. The molecule has 1 aromatic carbocycles. The van der Waals surface area contributed by atoms with E-state index in [1.807, 2.05) is 35.2 Å². The van der Waals surface area contributed by atoms with E-state index in [0.717, 1.165) is 11.3 Å². The molecule has 1 atom stereocenters. The van der Waals surface area contributed by atoms with Crippen molar-refractivity contribution in [2.24, 2.45) is 0 Å². The molecule has 2 aromatic rings. The maximum absolute atomic E-state index is 9.87. The average Bonchev–Trinajstić information content (AvgIpc) is 2.50. The Morgan fingerprint density at radius 1 is 1.09 bits per heavy atom. The van der Waals surface area contributed by atoms with E-state index in [1.54, 1.807) is 18.3 Å². The van der Waals surface area contributed by atoms with Crippen LogP contribution in [0, 0.1) is 7.43 Å². The van der Waals surface area contributed by atoms with E-state index in [0.29, 0.717) is 19.6 Å². The molecule has 1 unspecified atom stereocenters. The topological polar surface area (TPSA) is 80.4 Å². The van der Waals surface area contributed by atoms with E-state index >= 15 is 0 Å². The first kappa shape index (κ1) is 21.6. The van der Waals surface area contributed by atoms with E-state index in [9.17, 15) is 10.2 Å². The van der Waals surface area contributed by atoms with Crippen LogP contribution in [0.4, 0.5) is 0 Å². The molecule has 0 saturated heterocycles. The van der Waals surface area contributed by atoms with E-state index in [4.69, 9.17) is 5.73 Å². The molecule has 1 heterocycles. The van der Waals surface area contributed by atoms with Gasteiger partial charge >= 0.3 is 17.1 Å². The molecular formula is C17H23CuN3O2. The van der Waals surface area contributed by atoms with Crippen LogP contribution in [0.25, 0.3) is 5.73 Å². The third-order valence-electron chi connectivity index (χ3n) is 3.20. The standard InChI is InChI=1S/C16H20N3O2.CH3.Cu/c17-9-15(20)12-19(11-14-6-3-4-8-18-14)10-13-5-1-2-7-16(13)21;;/h1-8,15,17,20-21H,9-12H2;1H3;/q2*-1;+2. The van der Waals surface area contributed by atoms with Gasteiger partial charge in [-0.2, -0.15) is 0 Å². The summed E-state index contributed by atoms with van der Waals surface area (Å²) in [5, 5.41) is 19.6. The summed E-state index contributed by atoms with van der Waals surface area (Å²) in [5.41, 5.74) is 8.95. The number of rotatable bonds is 7. The number of phenolic OH excluding ortho intramolecular Hbond substituents is 1. The van der Waals surface area contributed by atoms with Crippen LogP contribution in [0.2, 0.25) is 0 Å². The van der Waals surface area contributed by atoms with Crippen LogP contribution in [0.1, 0.15) is 11.3 Å². The molecule has 0 saturated carbocycles. The summed E-state index contributed by atoms with van der Waals surface area (Å²) in [6.45, 7) is 1.39. The van der Waals surface area contributed by atoms with Gasteiger partial charge in [-0.15, -0.1) is 6.54 Å². The molecule has 0 fully saturated rings. The molecule has 1 radical (unpaired) electrons. The van der Waals surface area contributed by atoms with Crippen LogP contribution >= 0.6 is 0 Å². The molecule has 0 aliphatic heterocycles. The Morgan fingerprint density at radius 3 is 2.39 bits per heavy atom. The number of aromatic nitrogens is 1. The van der Waals surface area contributed by atoms with Gasteiger partial charge in [-0.05, 0) is 18.2 Å². The summed E-state index contributed by atoms with van der Waals surface area (Å²) in [5.74, 6) is 0.240. The number of aromatic hydroxyl groups is 1. The van der Waals surface area contributed by atoms with Gasteiger partial charge in [0, 0.05) is 37.5 Å². The fraction of sp³-hybridized carbons (Fsp3) is 0.294. The minimum absolute atomic E-state index is 0. The zero-order chi connectivity index (χ0) is 15.1. The fourth-order valence-corrected chi connectivity index (χ4v) is 2.15. The molecule has 1 aromatic heterocycles. The summed E-state index contributed by atoms with van der Waals surface area (Å²) < 4.78 is 0. The van der Waals surface area contributed by atoms with Crippen LogP contribution < -0.4 is 0 Å². The minimum Gasteiger partial charge on any atom is -0.675 e. The molecule has 0 spiro atoms. The predicted molar refractivity (Wildman–Crippen MR) is 88.1 cm³/mol. The first-order valence-corrected chi connectivity index (χ1v) is 6.91. The molecule has 6 heteroatoms. The summed E-state index contributed by atoms with van der Waals surface area (Å²) in [6.07, 6.45) is 1.02. The summed E-state index contributed by atoms with van der Waals surface area (Å²) >= 11 is 0. The quantitative estimate of drug-likeness (QED) is 0.584. The first-order chi connectivity index (χ1) is 10.2. The van der Waals surface area contributed by atoms with Crippen molar-refractivity contribution < 1.29 is 27.3 Å². The summed E-state index contributed by atoms with van der Waals surface area (Å²) in [4.78, 5) is 6.27. The van der Waals surface area contributed by atoms with Crippen molar-refractivity contribution in [3.63, 3.8) is 0 Å². The molecule has 0 aliphatic carbocycles. The van der Waals surface area contributed by atoms with Gasteiger partial charge < -0.3 is 23.4 Å². The second-order valence-electron chi connectivity index (χ2n) is 4.98. The Morgan fingerprint density at radius 2 is 1.78 bits per heavy atom. The van der Waals surface area contributed by atoms with Gasteiger partial charge in [-0.3, -0.25) is 9.88 Å². The van der Waals surface area contributed by atoms with Crippen LogP contribution in [0.15, 0.2) is 48.7 Å². The van der Waals surface area contributed by atoms with Crippen molar-refractivity contribution in [3.05, 3.63) is 73.1 Å². The van der Waals surface area contributed by atoms with Crippen LogP contribution in [0.3, 0.4) is 0 Å². The maximum atomic E-state index is 9.87. The number of aliphatic hydroxyl groups is 1. The number of hydrogen-bond donors (Lipinski definition) is 2. The fourth-order valence-electron chi connectivity index (χ4n) is 2.15. The van der Waals surface area contributed by atoms with Crippen molar-refractivity contribution in [1.29, 1.82) is 0 Å². The SMILES string of the molecule is [CH3-].[Cu+2].[NH-]CC(O)CN(Cc1ccccn1)Cc1ccccc1O. The number of pyridine rings is 1. The Hall–Kier alpha value is -1.43. The number of nitrogens with zero attached hydrogens (tertiary/aromatic N) is 2. The number of hydrogen-bond acceptors (Lipinski definition) is 4. The van der Waals surface area contributed by atoms with Gasteiger partial charge in [-0.1, -0.05) is 24.3 Å². The third kappa shape index (κ3) is 7.12. The minimum atomic E-state index is -0.709. The van der Waals surface area contributed by atoms with E-state index < -0.39 is 6.10 Å². The van der Waals surface area contributed by atoms with Gasteiger partial charge in [-0.25, -0.2) is 0 Å². The van der Waals surface area contributed by atoms with Crippen molar-refractivity contribution in [2.75, 3.05) is 13.1 Å². The normalized spacial score (nSPS) is 11.4. The number of phenols is 1. The first-order valence-electron chi connectivity index (χ1n) is 6.91. The number of benzene rings is 1. The van der Waals surface area contributed by atoms with Gasteiger partial charge in [0.1, 0.15) is 5.75 Å². The second-order valence-corrected chi connectivity index (χ2v) is 4.98. The second kappa shape index (κ2) is 11.2. The molecular weight excluding hydrogens is 342 g/mol. The van der Waals surface area contributed by atoms with Gasteiger partial charge in [0.05, 0.1) is 5.69 Å². The van der Waals surface area contributed by atoms with Crippen LogP contribution in [-0.2, 0) is 30.2 Å². The predicted octanol–water partition coefficient (Wildman–Crippen LogP) is 2.65. The van der Waals surface area contributed by atoms with Crippen molar-refractivity contribution in [2.45, 2.75) is 19.2 Å². The van der Waals surface area contributed by atoms with E-state index in [2.05, 4.69) is 4.98 Å². The van der Waals surface area contributed by atoms with Crippen molar-refractivity contribution in [3.8, 4) is 5.75 Å². The summed E-state index contributed by atoms with van der Waals surface area (Å²) in [7, 11) is 0. The number of aliphatic hydroxyl groups excluding tert-OH is 1. The zero-order valence-corrected chi connectivity index (χ0v) is 14.1. The van der Waals surface area contributed by atoms with Crippen LogP contribution in [0.5, 0.6) is 5.75 Å². The molecule has 129 valence electrons. The number of para-hydroxylation sites is 1. The maximum Gasteiger partial charge on any atom is 2.00 e. The zero-order valence-electron chi connectivity index (χ0n) is 13.1. The molecule has 23 heavy (non-hydrogen) atoms. The largest absolute Gasteiger partial charge is 2.00 e. The van der Waals surface area contributed by atoms with E-state index in [-0.39, 0.29) is 36.8 Å². The molecule has 5 nitrogen and oxygen atoms in total. The molecule has 0 aliphatic rings. The van der Waals surface area contributed by atoms with Gasteiger partial charge in [0.15, 0.2) is 0 Å². The Kier molecular flexibility index (Phi) is 10.5. The third-order valence-corrected chi connectivity index (χ3v) is 3.20. The van der Waals surface area contributed by atoms with Crippen molar-refractivity contribution >= 4 is 0 Å². The Bertz CT molecular complexity index is 555.